The summed E-state index contributed by atoms with van der Waals surface area (Å²) in [4.78, 5) is 14.1. The maximum atomic E-state index is 9.50. The van der Waals surface area contributed by atoms with Crippen molar-refractivity contribution in [3.63, 3.8) is 0 Å². The van der Waals surface area contributed by atoms with E-state index in [4.69, 9.17) is 32.2 Å². The van der Waals surface area contributed by atoms with Gasteiger partial charge in [-0.25, -0.2) is 15.0 Å². The Balaban J connectivity index is 1.23. The second kappa shape index (κ2) is 12.9. The molecule has 0 bridgehead atoms. The summed E-state index contributed by atoms with van der Waals surface area (Å²) in [6, 6.07) is 27.9. The van der Waals surface area contributed by atoms with E-state index in [0.29, 0.717) is 27.5 Å². The summed E-state index contributed by atoms with van der Waals surface area (Å²) in [5, 5.41) is 1.16. The van der Waals surface area contributed by atoms with Crippen LogP contribution >= 0.6 is 0 Å². The highest BCUT2D eigenvalue weighted by atomic mass is 16.3. The SMILES string of the molecule is [2H]c1c([2H])c([2H])c(-c2nc(-c3c([2H])c([2H])c([2H])c(-c4c([2H])c([2H])c([2H])c([2H])c4[2H])c3[2H])nc(-c3cccc4oc5ccc(C6(c7ccccc7)c7ccccc7-c7ccccc76)cc5c34)n2)c([2H])c1[2H]. The Morgan fingerprint density at radius 3 is 1.75 bits per heavy atom. The van der Waals surface area contributed by atoms with Gasteiger partial charge in [0, 0.05) is 27.5 Å². The van der Waals surface area contributed by atoms with Crippen LogP contribution in [-0.4, -0.2) is 15.0 Å². The van der Waals surface area contributed by atoms with E-state index in [9.17, 15) is 1.37 Å². The Labute approximate surface area is 344 Å². The summed E-state index contributed by atoms with van der Waals surface area (Å²) >= 11 is 0. The fraction of sp³-hybridized carbons (Fsp3) is 0.0192. The number of hydrogen-bond donors (Lipinski definition) is 0. The molecule has 4 heteroatoms. The Bertz CT molecular complexity index is 3810. The highest BCUT2D eigenvalue weighted by Crippen LogP contribution is 2.56. The zero-order chi connectivity index (χ0) is 49.2. The zero-order valence-electron chi connectivity index (χ0n) is 43.2. The molecule has 1 aliphatic rings. The lowest BCUT2D eigenvalue weighted by atomic mass is 9.67. The Kier molecular flexibility index (Phi) is 4.79. The molecular weight excluding hydrogens is 683 g/mol. The minimum atomic E-state index is -0.791. The van der Waals surface area contributed by atoms with Crippen molar-refractivity contribution in [3.8, 4) is 56.4 Å². The molecule has 0 saturated carbocycles. The van der Waals surface area contributed by atoms with Gasteiger partial charge in [-0.2, -0.15) is 0 Å². The standard InChI is InChI=1S/C52H33N3O/c1-4-16-34(17-5-1)36-20-14-21-37(32-36)50-53-49(35-18-6-2-7-19-35)54-51(55-50)42-26-15-29-47-48(42)43-33-39(30-31-46(43)56-47)52(38-22-8-3-9-23-38)44-27-12-10-24-40(44)41-25-11-13-28-45(41)52/h1-33H/i1D,2D,4D,5D,6D,7D,14D,16D,17D,18D,19D,20D,21D,32D. The van der Waals surface area contributed by atoms with E-state index in [1.54, 1.807) is 18.2 Å². The highest BCUT2D eigenvalue weighted by molar-refractivity contribution is 6.12. The number of nitrogens with zero attached hydrogens (tertiary/aromatic N) is 3. The van der Waals surface area contributed by atoms with Crippen LogP contribution < -0.4 is 0 Å². The summed E-state index contributed by atoms with van der Waals surface area (Å²) in [5.74, 6) is -1.09. The van der Waals surface area contributed by atoms with Gasteiger partial charge in [0.1, 0.15) is 11.2 Å². The molecule has 0 saturated heterocycles. The fourth-order valence-corrected chi connectivity index (χ4v) is 8.00. The molecule has 0 radical (unpaired) electrons. The van der Waals surface area contributed by atoms with E-state index in [2.05, 4.69) is 47.4 Å². The molecular formula is C52H33N3O. The molecule has 4 nitrogen and oxygen atoms in total. The topological polar surface area (TPSA) is 51.8 Å². The van der Waals surface area contributed by atoms with Crippen LogP contribution in [0.3, 0.4) is 0 Å². The minimum Gasteiger partial charge on any atom is -0.456 e. The predicted octanol–water partition coefficient (Wildman–Crippen LogP) is 12.8. The Hall–Kier alpha value is -7.43. The lowest BCUT2D eigenvalue weighted by Gasteiger charge is -2.33. The monoisotopic (exact) mass is 729 g/mol. The molecule has 262 valence electrons. The molecule has 0 fully saturated rings. The van der Waals surface area contributed by atoms with Gasteiger partial charge in [0.15, 0.2) is 17.5 Å². The molecule has 10 aromatic rings. The third-order valence-corrected chi connectivity index (χ3v) is 10.3. The molecule has 2 heterocycles. The van der Waals surface area contributed by atoms with E-state index in [0.717, 1.165) is 33.4 Å². The first-order valence-corrected chi connectivity index (χ1v) is 17.8. The van der Waals surface area contributed by atoms with E-state index in [1.165, 1.54) is 0 Å². The molecule has 0 amide bonds. The van der Waals surface area contributed by atoms with Crippen molar-refractivity contribution in [2.45, 2.75) is 5.41 Å². The van der Waals surface area contributed by atoms with Crippen LogP contribution in [0.2, 0.25) is 0 Å². The van der Waals surface area contributed by atoms with Crippen LogP contribution in [0.4, 0.5) is 0 Å². The molecule has 0 atom stereocenters. The smallest absolute Gasteiger partial charge is 0.164 e. The molecule has 8 aromatic carbocycles. The van der Waals surface area contributed by atoms with Crippen LogP contribution in [0.5, 0.6) is 0 Å². The van der Waals surface area contributed by atoms with Crippen LogP contribution in [0.25, 0.3) is 78.4 Å². The van der Waals surface area contributed by atoms with Crippen molar-refractivity contribution < 1.29 is 23.6 Å². The van der Waals surface area contributed by atoms with Crippen molar-refractivity contribution in [2.24, 2.45) is 0 Å². The summed E-state index contributed by atoms with van der Waals surface area (Å²) < 4.78 is 128. The third-order valence-electron chi connectivity index (χ3n) is 10.3. The number of furan rings is 1. The van der Waals surface area contributed by atoms with Gasteiger partial charge < -0.3 is 4.42 Å². The molecule has 2 aromatic heterocycles. The van der Waals surface area contributed by atoms with Crippen LogP contribution in [0.15, 0.2) is 204 Å². The van der Waals surface area contributed by atoms with Crippen molar-refractivity contribution >= 4 is 21.9 Å². The maximum Gasteiger partial charge on any atom is 0.164 e. The summed E-state index contributed by atoms with van der Waals surface area (Å²) in [6.07, 6.45) is 0. The first kappa shape index (κ1) is 20.9. The van der Waals surface area contributed by atoms with Gasteiger partial charge in [-0.05, 0) is 68.7 Å². The Morgan fingerprint density at radius 2 is 1.02 bits per heavy atom. The number of rotatable bonds is 6. The average molecular weight is 730 g/mol. The molecule has 0 N–H and O–H groups in total. The zero-order valence-corrected chi connectivity index (χ0v) is 29.2. The van der Waals surface area contributed by atoms with Crippen LogP contribution in [0.1, 0.15) is 41.4 Å². The number of aromatic nitrogens is 3. The normalized spacial score (nSPS) is 16.3. The van der Waals surface area contributed by atoms with Gasteiger partial charge in [-0.15, -0.1) is 0 Å². The fourth-order valence-electron chi connectivity index (χ4n) is 8.00. The second-order valence-electron chi connectivity index (χ2n) is 13.3. The van der Waals surface area contributed by atoms with Gasteiger partial charge in [-0.1, -0.05) is 176 Å². The van der Waals surface area contributed by atoms with Crippen molar-refractivity contribution in [2.75, 3.05) is 0 Å². The first-order chi connectivity index (χ1) is 33.6. The summed E-state index contributed by atoms with van der Waals surface area (Å²) in [7, 11) is 0. The lowest BCUT2D eigenvalue weighted by molar-refractivity contribution is 0.668. The molecule has 56 heavy (non-hydrogen) atoms. The highest BCUT2D eigenvalue weighted by Gasteiger charge is 2.46. The van der Waals surface area contributed by atoms with Crippen molar-refractivity contribution in [1.29, 1.82) is 0 Å². The van der Waals surface area contributed by atoms with E-state index < -0.39 is 124 Å². The van der Waals surface area contributed by atoms with Gasteiger partial charge in [-0.3, -0.25) is 0 Å². The van der Waals surface area contributed by atoms with E-state index in [1.807, 2.05) is 54.6 Å². The maximum absolute atomic E-state index is 9.50. The van der Waals surface area contributed by atoms with Gasteiger partial charge in [0.25, 0.3) is 0 Å². The molecule has 0 spiro atoms. The quantitative estimate of drug-likeness (QED) is 0.171. The largest absolute Gasteiger partial charge is 0.456 e. The number of fused-ring (bicyclic) bond motifs is 6. The van der Waals surface area contributed by atoms with E-state index in [-0.39, 0.29) is 5.82 Å². The van der Waals surface area contributed by atoms with Crippen molar-refractivity contribution in [1.82, 2.24) is 15.0 Å². The lowest BCUT2D eigenvalue weighted by Crippen LogP contribution is -2.28. The summed E-state index contributed by atoms with van der Waals surface area (Å²) in [6.45, 7) is 0. The van der Waals surface area contributed by atoms with Gasteiger partial charge in [0.05, 0.1) is 24.6 Å². The average Bonchev–Trinajstić information content (AvgIpc) is 3.90. The third kappa shape index (κ3) is 4.96. The number of hydrogen-bond acceptors (Lipinski definition) is 4. The number of benzene rings is 8. The van der Waals surface area contributed by atoms with Crippen LogP contribution in [0, 0.1) is 0 Å². The molecule has 0 aliphatic heterocycles. The van der Waals surface area contributed by atoms with Gasteiger partial charge in [0.2, 0.25) is 0 Å². The minimum absolute atomic E-state index is 0.149. The van der Waals surface area contributed by atoms with Crippen molar-refractivity contribution in [3.05, 3.63) is 222 Å². The Morgan fingerprint density at radius 1 is 0.429 bits per heavy atom. The predicted molar refractivity (Wildman–Crippen MR) is 226 cm³/mol. The molecule has 11 rings (SSSR count). The summed E-state index contributed by atoms with van der Waals surface area (Å²) in [5.41, 5.74) is 4.66. The second-order valence-corrected chi connectivity index (χ2v) is 13.3. The molecule has 0 unspecified atom stereocenters. The first-order valence-electron chi connectivity index (χ1n) is 24.8. The molecule has 1 aliphatic carbocycles. The van der Waals surface area contributed by atoms with Gasteiger partial charge >= 0.3 is 0 Å². The van der Waals surface area contributed by atoms with E-state index >= 15 is 0 Å². The van der Waals surface area contributed by atoms with Crippen LogP contribution in [-0.2, 0) is 5.41 Å².